The van der Waals surface area contributed by atoms with Gasteiger partial charge in [-0.3, -0.25) is 0 Å². The Balaban J connectivity index is 1.60. The quantitative estimate of drug-likeness (QED) is 0.661. The van der Waals surface area contributed by atoms with Gasteiger partial charge in [-0.2, -0.15) is 0 Å². The first-order chi connectivity index (χ1) is 10.2. The predicted molar refractivity (Wildman–Crippen MR) is 83.1 cm³/mol. The molecule has 0 unspecified atom stereocenters. The summed E-state index contributed by atoms with van der Waals surface area (Å²) < 4.78 is 11.0. The van der Waals surface area contributed by atoms with Crippen molar-refractivity contribution in [3.8, 4) is 11.5 Å². The topological polar surface area (TPSA) is 68.9 Å². The number of ether oxygens (including phenoxy) is 2. The normalized spacial score (nSPS) is 18.2. The van der Waals surface area contributed by atoms with Gasteiger partial charge in [0.15, 0.2) is 17.5 Å². The van der Waals surface area contributed by atoms with E-state index in [1.807, 2.05) is 12.1 Å². The number of aliphatic imine (C=N–C) groups is 1. The molecule has 114 valence electrons. The maximum atomic E-state index is 6.19. The highest BCUT2D eigenvalue weighted by Crippen LogP contribution is 2.38. The van der Waals surface area contributed by atoms with Gasteiger partial charge in [-0.15, -0.1) is 0 Å². The monoisotopic (exact) mass is 309 g/mol. The van der Waals surface area contributed by atoms with Crippen molar-refractivity contribution >= 4 is 17.6 Å². The van der Waals surface area contributed by atoms with Gasteiger partial charge in [-0.25, -0.2) is 4.99 Å². The summed E-state index contributed by atoms with van der Waals surface area (Å²) in [6, 6.07) is 3.75. The van der Waals surface area contributed by atoms with E-state index in [0.717, 1.165) is 18.0 Å². The first-order valence-electron chi connectivity index (χ1n) is 7.34. The summed E-state index contributed by atoms with van der Waals surface area (Å²) in [6.45, 7) is 2.46. The molecular weight excluding hydrogens is 290 g/mol. The van der Waals surface area contributed by atoms with Gasteiger partial charge in [-0.1, -0.05) is 18.0 Å². The molecule has 0 bridgehead atoms. The molecular formula is C15H20ClN3O2. The minimum Gasteiger partial charge on any atom is -0.486 e. The number of nitrogens with one attached hydrogen (secondary N) is 1. The number of hydrogen-bond acceptors (Lipinski definition) is 3. The number of fused-ring (bicyclic) bond motifs is 1. The molecule has 1 aromatic carbocycles. The Morgan fingerprint density at radius 2 is 2.14 bits per heavy atom. The Bertz CT molecular complexity index is 544. The molecule has 0 atom stereocenters. The summed E-state index contributed by atoms with van der Waals surface area (Å²) >= 11 is 6.19. The van der Waals surface area contributed by atoms with Crippen molar-refractivity contribution in [2.24, 2.45) is 16.6 Å². The lowest BCUT2D eigenvalue weighted by Crippen LogP contribution is -2.37. The van der Waals surface area contributed by atoms with Gasteiger partial charge in [0.05, 0.1) is 11.6 Å². The zero-order valence-electron chi connectivity index (χ0n) is 11.9. The molecule has 0 spiro atoms. The maximum absolute atomic E-state index is 6.19. The smallest absolute Gasteiger partial charge is 0.188 e. The van der Waals surface area contributed by atoms with Crippen LogP contribution < -0.4 is 20.5 Å². The number of benzene rings is 1. The average Bonchev–Trinajstić information content (AvgIpc) is 2.43. The number of halogens is 1. The highest BCUT2D eigenvalue weighted by atomic mass is 35.5. The van der Waals surface area contributed by atoms with E-state index in [1.54, 1.807) is 0 Å². The van der Waals surface area contributed by atoms with Crippen LogP contribution in [0.3, 0.4) is 0 Å². The fraction of sp³-hybridized carbons (Fsp3) is 0.533. The number of nitrogens with two attached hydrogens (primary N) is 1. The van der Waals surface area contributed by atoms with Crippen molar-refractivity contribution in [3.05, 3.63) is 22.7 Å². The molecule has 1 fully saturated rings. The lowest BCUT2D eigenvalue weighted by Gasteiger charge is -2.25. The van der Waals surface area contributed by atoms with E-state index >= 15 is 0 Å². The van der Waals surface area contributed by atoms with Crippen LogP contribution in [0.25, 0.3) is 0 Å². The molecule has 21 heavy (non-hydrogen) atoms. The van der Waals surface area contributed by atoms with E-state index in [4.69, 9.17) is 26.8 Å². The second kappa shape index (κ2) is 6.43. The minimum absolute atomic E-state index is 0.472. The summed E-state index contributed by atoms with van der Waals surface area (Å²) in [5, 5.41) is 3.72. The van der Waals surface area contributed by atoms with Gasteiger partial charge in [0.2, 0.25) is 0 Å². The number of rotatable bonds is 4. The predicted octanol–water partition coefficient (Wildman–Crippen LogP) is 2.32. The maximum Gasteiger partial charge on any atom is 0.188 e. The Kier molecular flexibility index (Phi) is 4.39. The lowest BCUT2D eigenvalue weighted by atomic mass is 9.85. The van der Waals surface area contributed by atoms with Crippen molar-refractivity contribution in [2.45, 2.75) is 25.8 Å². The molecule has 5 nitrogen and oxygen atoms in total. The Labute approximate surface area is 129 Å². The number of nitrogens with zero attached hydrogens (tertiary/aromatic N) is 1. The van der Waals surface area contributed by atoms with E-state index in [0.29, 0.717) is 42.2 Å². The molecule has 1 saturated carbocycles. The Morgan fingerprint density at radius 3 is 2.90 bits per heavy atom. The SMILES string of the molecule is NC(=NCc1cc(Cl)c2c(c1)OCCO2)NCC1CCC1. The third-order valence-electron chi connectivity index (χ3n) is 3.89. The third-order valence-corrected chi connectivity index (χ3v) is 4.17. The van der Waals surface area contributed by atoms with Crippen LogP contribution >= 0.6 is 11.6 Å². The summed E-state index contributed by atoms with van der Waals surface area (Å²) in [5.41, 5.74) is 6.83. The van der Waals surface area contributed by atoms with Crippen LogP contribution in [0.1, 0.15) is 24.8 Å². The molecule has 6 heteroatoms. The van der Waals surface area contributed by atoms with Gasteiger partial charge in [0, 0.05) is 6.54 Å². The average molecular weight is 310 g/mol. The highest BCUT2D eigenvalue weighted by Gasteiger charge is 2.17. The molecule has 0 radical (unpaired) electrons. The highest BCUT2D eigenvalue weighted by molar-refractivity contribution is 6.32. The molecule has 3 rings (SSSR count). The summed E-state index contributed by atoms with van der Waals surface area (Å²) in [5.74, 6) is 2.53. The summed E-state index contributed by atoms with van der Waals surface area (Å²) in [7, 11) is 0. The van der Waals surface area contributed by atoms with Crippen molar-refractivity contribution in [3.63, 3.8) is 0 Å². The molecule has 1 aliphatic carbocycles. The van der Waals surface area contributed by atoms with E-state index < -0.39 is 0 Å². The fourth-order valence-corrected chi connectivity index (χ4v) is 2.72. The lowest BCUT2D eigenvalue weighted by molar-refractivity contribution is 0.171. The van der Waals surface area contributed by atoms with Gasteiger partial charge in [0.25, 0.3) is 0 Å². The Morgan fingerprint density at radius 1 is 1.33 bits per heavy atom. The molecule has 0 saturated heterocycles. The minimum atomic E-state index is 0.472. The molecule has 2 aliphatic rings. The van der Waals surface area contributed by atoms with Gasteiger partial charge >= 0.3 is 0 Å². The summed E-state index contributed by atoms with van der Waals surface area (Å²) in [4.78, 5) is 4.34. The van der Waals surface area contributed by atoms with E-state index in [1.165, 1.54) is 19.3 Å². The van der Waals surface area contributed by atoms with Crippen LogP contribution in [-0.4, -0.2) is 25.7 Å². The zero-order valence-corrected chi connectivity index (χ0v) is 12.7. The van der Waals surface area contributed by atoms with Crippen LogP contribution in [0, 0.1) is 5.92 Å². The van der Waals surface area contributed by atoms with Crippen LogP contribution in [0.5, 0.6) is 11.5 Å². The van der Waals surface area contributed by atoms with Gasteiger partial charge in [-0.05, 0) is 36.5 Å². The van der Waals surface area contributed by atoms with E-state index in [-0.39, 0.29) is 0 Å². The first kappa shape index (κ1) is 14.3. The van der Waals surface area contributed by atoms with Crippen LogP contribution in [0.4, 0.5) is 0 Å². The van der Waals surface area contributed by atoms with Crippen LogP contribution in [-0.2, 0) is 6.54 Å². The second-order valence-corrected chi connectivity index (χ2v) is 5.89. The van der Waals surface area contributed by atoms with Crippen molar-refractivity contribution < 1.29 is 9.47 Å². The molecule has 1 aromatic rings. The molecule has 0 aromatic heterocycles. The van der Waals surface area contributed by atoms with Gasteiger partial charge < -0.3 is 20.5 Å². The number of hydrogen-bond donors (Lipinski definition) is 2. The first-order valence-corrected chi connectivity index (χ1v) is 7.72. The van der Waals surface area contributed by atoms with Crippen LogP contribution in [0.2, 0.25) is 5.02 Å². The molecule has 3 N–H and O–H groups in total. The third kappa shape index (κ3) is 3.53. The second-order valence-electron chi connectivity index (χ2n) is 5.48. The van der Waals surface area contributed by atoms with Crippen LogP contribution in [0.15, 0.2) is 17.1 Å². The van der Waals surface area contributed by atoms with Crippen molar-refractivity contribution in [2.75, 3.05) is 19.8 Å². The number of guanidine groups is 1. The largest absolute Gasteiger partial charge is 0.486 e. The molecule has 0 amide bonds. The van der Waals surface area contributed by atoms with E-state index in [2.05, 4.69) is 10.3 Å². The standard InChI is InChI=1S/C15H20ClN3O2/c16-12-6-11(7-13-14(12)21-5-4-20-13)9-19-15(17)18-8-10-2-1-3-10/h6-7,10H,1-5,8-9H2,(H3,17,18,19). The Hall–Kier alpha value is -1.62. The van der Waals surface area contributed by atoms with E-state index in [9.17, 15) is 0 Å². The van der Waals surface area contributed by atoms with Crippen molar-refractivity contribution in [1.29, 1.82) is 0 Å². The fourth-order valence-electron chi connectivity index (χ4n) is 2.43. The zero-order chi connectivity index (χ0) is 14.7. The van der Waals surface area contributed by atoms with Crippen molar-refractivity contribution in [1.82, 2.24) is 5.32 Å². The van der Waals surface area contributed by atoms with Gasteiger partial charge in [0.1, 0.15) is 13.2 Å². The molecule has 1 heterocycles. The summed E-state index contributed by atoms with van der Waals surface area (Å²) in [6.07, 6.45) is 3.91. The molecule has 1 aliphatic heterocycles.